The molecule has 0 radical (unpaired) electrons. The summed E-state index contributed by atoms with van der Waals surface area (Å²) in [7, 11) is 0. The summed E-state index contributed by atoms with van der Waals surface area (Å²) in [5.41, 5.74) is 1.13. The molecular weight excluding hydrogens is 359 g/mol. The van der Waals surface area contributed by atoms with E-state index in [1.807, 2.05) is 61.1 Å². The Morgan fingerprint density at radius 3 is 2.29 bits per heavy atom. The average Bonchev–Trinajstić information content (AvgIpc) is 3.09. The monoisotopic (exact) mass is 374 g/mol. The third-order valence-corrected chi connectivity index (χ3v) is 5.08. The van der Waals surface area contributed by atoms with Crippen LogP contribution in [0.1, 0.15) is 5.56 Å². The van der Waals surface area contributed by atoms with Gasteiger partial charge < -0.3 is 4.57 Å². The summed E-state index contributed by atoms with van der Waals surface area (Å²) in [5.74, 6) is 0. The molecule has 2 nitrogen and oxygen atoms in total. The second-order valence-corrected chi connectivity index (χ2v) is 7.47. The van der Waals surface area contributed by atoms with Crippen LogP contribution in [0.4, 0.5) is 0 Å². The minimum atomic E-state index is 0.274. The molecule has 0 aliphatic rings. The van der Waals surface area contributed by atoms with Gasteiger partial charge in [0.1, 0.15) is 0 Å². The standard InChI is InChI=1S/C19H16Cl2N2S/c20-16-4-1-15(2-5-16)3-8-19(13-23-12-11-22-14-23)24-18-9-6-17(21)7-10-18/h1-12,14,19H,13H2. The molecule has 122 valence electrons. The smallest absolute Gasteiger partial charge is 0.0946 e. The molecule has 0 bridgehead atoms. The summed E-state index contributed by atoms with van der Waals surface area (Å²) < 4.78 is 2.08. The van der Waals surface area contributed by atoms with Crippen LogP contribution < -0.4 is 0 Å². The van der Waals surface area contributed by atoms with E-state index >= 15 is 0 Å². The number of hydrogen-bond acceptors (Lipinski definition) is 2. The fourth-order valence-corrected chi connectivity index (χ4v) is 3.52. The topological polar surface area (TPSA) is 17.8 Å². The second-order valence-electron chi connectivity index (χ2n) is 5.28. The van der Waals surface area contributed by atoms with Crippen molar-refractivity contribution in [3.8, 4) is 0 Å². The van der Waals surface area contributed by atoms with E-state index in [4.69, 9.17) is 23.2 Å². The Bertz CT molecular complexity index is 781. The van der Waals surface area contributed by atoms with Crippen LogP contribution in [0.3, 0.4) is 0 Å². The molecule has 1 atom stereocenters. The largest absolute Gasteiger partial charge is 0.336 e. The van der Waals surface area contributed by atoms with Crippen molar-refractivity contribution < 1.29 is 0 Å². The van der Waals surface area contributed by atoms with Crippen LogP contribution in [0.2, 0.25) is 10.0 Å². The molecule has 0 amide bonds. The molecule has 24 heavy (non-hydrogen) atoms. The lowest BCUT2D eigenvalue weighted by atomic mass is 10.2. The molecular formula is C19H16Cl2N2S. The Kier molecular flexibility index (Phi) is 6.02. The number of thioether (sulfide) groups is 1. The summed E-state index contributed by atoms with van der Waals surface area (Å²) in [6.07, 6.45) is 9.95. The highest BCUT2D eigenvalue weighted by Crippen LogP contribution is 2.27. The lowest BCUT2D eigenvalue weighted by molar-refractivity contribution is 0.720. The first kappa shape index (κ1) is 17.2. The fourth-order valence-electron chi connectivity index (χ4n) is 2.22. The fraction of sp³-hybridized carbons (Fsp3) is 0.105. The predicted octanol–water partition coefficient (Wildman–Crippen LogP) is 6.06. The van der Waals surface area contributed by atoms with Gasteiger partial charge in [0.2, 0.25) is 0 Å². The van der Waals surface area contributed by atoms with E-state index in [2.05, 4.69) is 21.7 Å². The van der Waals surface area contributed by atoms with Crippen molar-refractivity contribution in [3.05, 3.63) is 88.9 Å². The molecule has 3 aromatic rings. The predicted molar refractivity (Wildman–Crippen MR) is 104 cm³/mol. The Morgan fingerprint density at radius 1 is 1.00 bits per heavy atom. The van der Waals surface area contributed by atoms with Crippen molar-refractivity contribution in [2.45, 2.75) is 16.7 Å². The number of aromatic nitrogens is 2. The number of rotatable bonds is 6. The normalized spacial score (nSPS) is 12.6. The lowest BCUT2D eigenvalue weighted by Crippen LogP contribution is -2.09. The van der Waals surface area contributed by atoms with E-state index in [1.54, 1.807) is 18.0 Å². The summed E-state index contributed by atoms with van der Waals surface area (Å²) in [4.78, 5) is 5.30. The van der Waals surface area contributed by atoms with Gasteiger partial charge in [0.05, 0.1) is 6.33 Å². The minimum Gasteiger partial charge on any atom is -0.336 e. The van der Waals surface area contributed by atoms with E-state index in [-0.39, 0.29) is 5.25 Å². The maximum atomic E-state index is 5.97. The third kappa shape index (κ3) is 5.17. The highest BCUT2D eigenvalue weighted by molar-refractivity contribution is 8.00. The molecule has 5 heteroatoms. The molecule has 1 aromatic heterocycles. The Hall–Kier alpha value is -1.68. The number of benzene rings is 2. The summed E-state index contributed by atoms with van der Waals surface area (Å²) in [5, 5.41) is 1.77. The Labute approximate surface area is 156 Å². The maximum absolute atomic E-state index is 5.97. The molecule has 2 aromatic carbocycles. The Balaban J connectivity index is 1.75. The van der Waals surface area contributed by atoms with Gasteiger partial charge in [-0.15, -0.1) is 11.8 Å². The first-order valence-corrected chi connectivity index (χ1v) is 9.14. The zero-order chi connectivity index (χ0) is 16.8. The van der Waals surface area contributed by atoms with Gasteiger partial charge >= 0.3 is 0 Å². The van der Waals surface area contributed by atoms with Crippen molar-refractivity contribution >= 4 is 41.0 Å². The van der Waals surface area contributed by atoms with Crippen LogP contribution in [-0.2, 0) is 6.54 Å². The molecule has 1 heterocycles. The average molecular weight is 375 g/mol. The molecule has 0 N–H and O–H groups in total. The molecule has 1 unspecified atom stereocenters. The van der Waals surface area contributed by atoms with Crippen LogP contribution in [0.5, 0.6) is 0 Å². The van der Waals surface area contributed by atoms with Gasteiger partial charge in [-0.25, -0.2) is 4.98 Å². The summed E-state index contributed by atoms with van der Waals surface area (Å²) in [6, 6.07) is 15.8. The zero-order valence-electron chi connectivity index (χ0n) is 12.8. The highest BCUT2D eigenvalue weighted by Gasteiger charge is 2.08. The van der Waals surface area contributed by atoms with Crippen molar-refractivity contribution in [1.82, 2.24) is 9.55 Å². The van der Waals surface area contributed by atoms with Crippen molar-refractivity contribution in [2.24, 2.45) is 0 Å². The molecule has 0 spiro atoms. The SMILES string of the molecule is Clc1ccc(C=CC(Cn2ccnc2)Sc2ccc(Cl)cc2)cc1. The Morgan fingerprint density at radius 2 is 1.67 bits per heavy atom. The molecule has 0 saturated heterocycles. The van der Waals surface area contributed by atoms with E-state index < -0.39 is 0 Å². The van der Waals surface area contributed by atoms with Crippen LogP contribution in [0.15, 0.2) is 78.2 Å². The number of nitrogens with zero attached hydrogens (tertiary/aromatic N) is 2. The molecule has 0 saturated carbocycles. The van der Waals surface area contributed by atoms with Crippen molar-refractivity contribution in [2.75, 3.05) is 0 Å². The van der Waals surface area contributed by atoms with Crippen LogP contribution >= 0.6 is 35.0 Å². The van der Waals surface area contributed by atoms with Gasteiger partial charge in [0, 0.05) is 39.1 Å². The first-order chi connectivity index (χ1) is 11.7. The van der Waals surface area contributed by atoms with Crippen LogP contribution in [-0.4, -0.2) is 14.8 Å². The number of hydrogen-bond donors (Lipinski definition) is 0. The molecule has 3 rings (SSSR count). The highest BCUT2D eigenvalue weighted by atomic mass is 35.5. The quantitative estimate of drug-likeness (QED) is 0.487. The van der Waals surface area contributed by atoms with E-state index in [0.29, 0.717) is 0 Å². The summed E-state index contributed by atoms with van der Waals surface area (Å²) in [6.45, 7) is 0.845. The van der Waals surface area contributed by atoms with Gasteiger partial charge in [-0.2, -0.15) is 0 Å². The summed E-state index contributed by atoms with van der Waals surface area (Å²) >= 11 is 13.7. The van der Waals surface area contributed by atoms with Crippen LogP contribution in [0.25, 0.3) is 6.08 Å². The minimum absolute atomic E-state index is 0.274. The zero-order valence-corrected chi connectivity index (χ0v) is 15.2. The van der Waals surface area contributed by atoms with Gasteiger partial charge in [-0.3, -0.25) is 0 Å². The van der Waals surface area contributed by atoms with Gasteiger partial charge in [0.15, 0.2) is 0 Å². The molecule has 0 aliphatic carbocycles. The molecule has 0 fully saturated rings. The van der Waals surface area contributed by atoms with Crippen LogP contribution in [0, 0.1) is 0 Å². The lowest BCUT2D eigenvalue weighted by Gasteiger charge is -2.13. The van der Waals surface area contributed by atoms with Gasteiger partial charge in [-0.05, 0) is 42.0 Å². The first-order valence-electron chi connectivity index (χ1n) is 7.51. The van der Waals surface area contributed by atoms with E-state index in [0.717, 1.165) is 22.2 Å². The van der Waals surface area contributed by atoms with E-state index in [9.17, 15) is 0 Å². The number of imidazole rings is 1. The third-order valence-electron chi connectivity index (χ3n) is 3.42. The molecule has 0 aliphatic heterocycles. The second kappa shape index (κ2) is 8.43. The van der Waals surface area contributed by atoms with Gasteiger partial charge in [-0.1, -0.05) is 47.5 Å². The van der Waals surface area contributed by atoms with Crippen molar-refractivity contribution in [1.29, 1.82) is 0 Å². The van der Waals surface area contributed by atoms with E-state index in [1.165, 1.54) is 4.90 Å². The maximum Gasteiger partial charge on any atom is 0.0946 e. The number of halogens is 2. The van der Waals surface area contributed by atoms with Gasteiger partial charge in [0.25, 0.3) is 0 Å². The van der Waals surface area contributed by atoms with Crippen molar-refractivity contribution in [3.63, 3.8) is 0 Å².